The lowest BCUT2D eigenvalue weighted by Crippen LogP contribution is -2.23. The van der Waals surface area contributed by atoms with Gasteiger partial charge in [0.25, 0.3) is 0 Å². The van der Waals surface area contributed by atoms with Gasteiger partial charge in [-0.25, -0.2) is 9.97 Å². The average Bonchev–Trinajstić information content (AvgIpc) is 2.64. The van der Waals surface area contributed by atoms with Crippen molar-refractivity contribution in [3.8, 4) is 0 Å². The maximum absolute atomic E-state index is 8.55. The zero-order valence-corrected chi connectivity index (χ0v) is 16.1. The van der Waals surface area contributed by atoms with Gasteiger partial charge in [-0.15, -0.1) is 0 Å². The third-order valence-corrected chi connectivity index (χ3v) is 4.23. The number of pyridine rings is 2. The van der Waals surface area contributed by atoms with Crippen molar-refractivity contribution in [2.75, 3.05) is 19.8 Å². The minimum atomic E-state index is -0.00828. The third-order valence-electron chi connectivity index (χ3n) is 3.81. The van der Waals surface area contributed by atoms with Crippen LogP contribution >= 0.6 is 23.2 Å². The van der Waals surface area contributed by atoms with Crippen molar-refractivity contribution < 1.29 is 14.6 Å². The highest BCUT2D eigenvalue weighted by molar-refractivity contribution is 6.29. The lowest BCUT2D eigenvalue weighted by atomic mass is 10.2. The molecule has 1 aliphatic rings. The number of aliphatic hydroxyl groups excluding tert-OH is 1. The van der Waals surface area contributed by atoms with E-state index in [0.29, 0.717) is 23.3 Å². The second-order valence-corrected chi connectivity index (χ2v) is 6.64. The number of hydrogen-bond donors (Lipinski definition) is 1. The second-order valence-electron chi connectivity index (χ2n) is 5.86. The summed E-state index contributed by atoms with van der Waals surface area (Å²) in [5.41, 5.74) is 2.17. The fraction of sp³-hybridized carbons (Fsp3) is 0.474. The van der Waals surface area contributed by atoms with E-state index in [1.165, 1.54) is 6.42 Å². The molecule has 0 spiro atoms. The molecule has 1 fully saturated rings. The molecule has 1 atom stereocenters. The second kappa shape index (κ2) is 12.2. The molecule has 0 radical (unpaired) electrons. The lowest BCUT2D eigenvalue weighted by molar-refractivity contribution is -0.161. The van der Waals surface area contributed by atoms with Crippen molar-refractivity contribution in [3.63, 3.8) is 0 Å². The summed E-state index contributed by atoms with van der Waals surface area (Å²) in [5.74, 6) is 0. The summed E-state index contributed by atoms with van der Waals surface area (Å²) in [6, 6.07) is 7.41. The van der Waals surface area contributed by atoms with Gasteiger partial charge in [0.1, 0.15) is 10.3 Å². The van der Waals surface area contributed by atoms with E-state index in [1.54, 1.807) is 18.5 Å². The Balaban J connectivity index is 0.000000209. The number of aliphatic hydroxyl groups is 1. The third kappa shape index (κ3) is 8.43. The largest absolute Gasteiger partial charge is 0.396 e. The molecule has 1 N–H and O–H groups in total. The number of ether oxygens (including phenoxy) is 2. The molecular formula is C19H24Cl2N2O3. The molecule has 3 heterocycles. The molecular weight excluding hydrogens is 375 g/mol. The highest BCUT2D eigenvalue weighted by atomic mass is 35.5. The maximum atomic E-state index is 8.55. The summed E-state index contributed by atoms with van der Waals surface area (Å²) in [4.78, 5) is 7.74. The van der Waals surface area contributed by atoms with Crippen molar-refractivity contribution in [2.24, 2.45) is 0 Å². The zero-order chi connectivity index (χ0) is 18.6. The van der Waals surface area contributed by atoms with Crippen LogP contribution in [-0.2, 0) is 22.3 Å². The molecule has 0 saturated carbocycles. The van der Waals surface area contributed by atoms with Gasteiger partial charge in [0.15, 0.2) is 6.29 Å². The summed E-state index contributed by atoms with van der Waals surface area (Å²) in [7, 11) is 0. The van der Waals surface area contributed by atoms with Gasteiger partial charge < -0.3 is 14.6 Å². The first-order valence-corrected chi connectivity index (χ1v) is 9.48. The fourth-order valence-electron chi connectivity index (χ4n) is 2.48. The summed E-state index contributed by atoms with van der Waals surface area (Å²) in [5, 5.41) is 9.56. The maximum Gasteiger partial charge on any atom is 0.157 e. The van der Waals surface area contributed by atoms with Crippen LogP contribution in [0.2, 0.25) is 10.3 Å². The van der Waals surface area contributed by atoms with Crippen molar-refractivity contribution in [1.82, 2.24) is 9.97 Å². The average molecular weight is 399 g/mol. The monoisotopic (exact) mass is 398 g/mol. The molecule has 0 aliphatic carbocycles. The van der Waals surface area contributed by atoms with Crippen LogP contribution in [0.4, 0.5) is 0 Å². The van der Waals surface area contributed by atoms with Gasteiger partial charge in [0.05, 0.1) is 6.61 Å². The van der Waals surface area contributed by atoms with Gasteiger partial charge in [0.2, 0.25) is 0 Å². The summed E-state index contributed by atoms with van der Waals surface area (Å²) >= 11 is 11.4. The van der Waals surface area contributed by atoms with E-state index in [2.05, 4.69) is 9.97 Å². The van der Waals surface area contributed by atoms with Gasteiger partial charge in [-0.2, -0.15) is 0 Å². The molecule has 1 saturated heterocycles. The van der Waals surface area contributed by atoms with E-state index in [1.807, 2.05) is 18.2 Å². The minimum Gasteiger partial charge on any atom is -0.396 e. The number of rotatable bonds is 6. The quantitative estimate of drug-likeness (QED) is 0.742. The molecule has 7 heteroatoms. The first-order chi connectivity index (χ1) is 12.7. The Morgan fingerprint density at radius 3 is 2.23 bits per heavy atom. The van der Waals surface area contributed by atoms with Gasteiger partial charge >= 0.3 is 0 Å². The lowest BCUT2D eigenvalue weighted by Gasteiger charge is -2.22. The van der Waals surface area contributed by atoms with Gasteiger partial charge in [-0.05, 0) is 67.5 Å². The number of hydrogen-bond acceptors (Lipinski definition) is 5. The molecule has 26 heavy (non-hydrogen) atoms. The van der Waals surface area contributed by atoms with E-state index >= 15 is 0 Å². The first kappa shape index (κ1) is 21.1. The smallest absolute Gasteiger partial charge is 0.157 e. The molecule has 142 valence electrons. The van der Waals surface area contributed by atoms with E-state index in [9.17, 15) is 0 Å². The van der Waals surface area contributed by atoms with Crippen LogP contribution < -0.4 is 0 Å². The highest BCUT2D eigenvalue weighted by Gasteiger charge is 2.13. The Morgan fingerprint density at radius 1 is 1.04 bits per heavy atom. The molecule has 0 amide bonds. The van der Waals surface area contributed by atoms with Gasteiger partial charge in [-0.1, -0.05) is 23.2 Å². The van der Waals surface area contributed by atoms with Crippen LogP contribution in [-0.4, -0.2) is 41.2 Å². The predicted molar refractivity (Wildman–Crippen MR) is 103 cm³/mol. The zero-order valence-electron chi connectivity index (χ0n) is 14.6. The van der Waals surface area contributed by atoms with E-state index in [-0.39, 0.29) is 12.9 Å². The van der Waals surface area contributed by atoms with Crippen LogP contribution in [0.5, 0.6) is 0 Å². The van der Waals surface area contributed by atoms with Gasteiger partial charge in [0, 0.05) is 25.6 Å². The number of aromatic nitrogens is 2. The summed E-state index contributed by atoms with van der Waals surface area (Å²) < 4.78 is 11.1. The van der Waals surface area contributed by atoms with Crippen LogP contribution in [0, 0.1) is 0 Å². The SMILES string of the molecule is Clc1cc(CCOC2CCCCO2)ccn1.OCCc1ccnc(Cl)c1. The molecule has 0 bridgehead atoms. The van der Waals surface area contributed by atoms with Crippen molar-refractivity contribution in [2.45, 2.75) is 38.4 Å². The summed E-state index contributed by atoms with van der Waals surface area (Å²) in [6.45, 7) is 1.65. The molecule has 2 aromatic heterocycles. The highest BCUT2D eigenvalue weighted by Crippen LogP contribution is 2.14. The topological polar surface area (TPSA) is 64.5 Å². The fourth-order valence-corrected chi connectivity index (χ4v) is 2.87. The van der Waals surface area contributed by atoms with E-state index in [4.69, 9.17) is 37.8 Å². The molecule has 1 aliphatic heterocycles. The minimum absolute atomic E-state index is 0.00828. The Labute approximate surface area is 164 Å². The van der Waals surface area contributed by atoms with Crippen LogP contribution in [0.3, 0.4) is 0 Å². The van der Waals surface area contributed by atoms with Crippen LogP contribution in [0.25, 0.3) is 0 Å². The molecule has 3 rings (SSSR count). The standard InChI is InChI=1S/C12H16ClNO2.C7H8ClNO/c13-11-9-10(4-6-14-11)5-8-16-12-3-1-2-7-15-12;8-7-5-6(2-4-10)1-3-9-7/h4,6,9,12H,1-3,5,7-8H2;1,3,5,10H,2,4H2. The number of nitrogens with zero attached hydrogens (tertiary/aromatic N) is 2. The van der Waals surface area contributed by atoms with Crippen molar-refractivity contribution in [3.05, 3.63) is 58.1 Å². The van der Waals surface area contributed by atoms with Gasteiger partial charge in [-0.3, -0.25) is 0 Å². The van der Waals surface area contributed by atoms with Crippen molar-refractivity contribution >= 4 is 23.2 Å². The Bertz CT molecular complexity index is 652. The Hall–Kier alpha value is -1.24. The molecule has 2 aromatic rings. The van der Waals surface area contributed by atoms with Crippen LogP contribution in [0.1, 0.15) is 30.4 Å². The van der Waals surface area contributed by atoms with Crippen LogP contribution in [0.15, 0.2) is 36.7 Å². The number of halogens is 2. The Kier molecular flexibility index (Phi) is 9.89. The van der Waals surface area contributed by atoms with E-state index in [0.717, 1.165) is 37.0 Å². The Morgan fingerprint density at radius 2 is 1.69 bits per heavy atom. The molecule has 1 unspecified atom stereocenters. The summed E-state index contributed by atoms with van der Waals surface area (Å²) in [6.07, 6.45) is 8.20. The normalized spacial score (nSPS) is 16.7. The first-order valence-electron chi connectivity index (χ1n) is 8.72. The van der Waals surface area contributed by atoms with E-state index < -0.39 is 0 Å². The molecule has 0 aromatic carbocycles. The van der Waals surface area contributed by atoms with Crippen molar-refractivity contribution in [1.29, 1.82) is 0 Å². The molecule has 5 nitrogen and oxygen atoms in total. The predicted octanol–water partition coefficient (Wildman–Crippen LogP) is 4.09.